The fraction of sp³-hybridized carbons (Fsp3) is 0.333. The number of esters is 1. The van der Waals surface area contributed by atoms with Gasteiger partial charge in [-0.05, 0) is 19.4 Å². The quantitative estimate of drug-likeness (QED) is 0.848. The van der Waals surface area contributed by atoms with Crippen LogP contribution in [0.15, 0.2) is 34.9 Å². The molecule has 5 nitrogen and oxygen atoms in total. The number of hydrogen-bond donors (Lipinski definition) is 1. The van der Waals surface area contributed by atoms with Crippen molar-refractivity contribution < 1.29 is 19.2 Å². The Morgan fingerprint density at radius 2 is 2.10 bits per heavy atom. The van der Waals surface area contributed by atoms with E-state index in [1.807, 2.05) is 30.3 Å². The fourth-order valence-corrected chi connectivity index (χ4v) is 2.00. The number of nitrogens with zero attached hydrogens (tertiary/aromatic N) is 1. The number of aryl methyl sites for hydroxylation is 1. The van der Waals surface area contributed by atoms with Crippen LogP contribution in [-0.2, 0) is 11.2 Å². The van der Waals surface area contributed by atoms with Gasteiger partial charge in [0.25, 0.3) is 0 Å². The Balaban J connectivity index is 2.22. The van der Waals surface area contributed by atoms with Crippen molar-refractivity contribution in [2.75, 3.05) is 6.61 Å². The minimum Gasteiger partial charge on any atom is -0.462 e. The lowest BCUT2D eigenvalue weighted by Gasteiger charge is -2.09. The van der Waals surface area contributed by atoms with Gasteiger partial charge in [-0.15, -0.1) is 0 Å². The third-order valence-electron chi connectivity index (χ3n) is 2.94. The average Bonchev–Trinajstić information content (AvgIpc) is 2.82. The smallest absolute Gasteiger partial charge is 0.343 e. The van der Waals surface area contributed by atoms with Crippen molar-refractivity contribution in [2.24, 2.45) is 0 Å². The fourth-order valence-electron chi connectivity index (χ4n) is 2.00. The van der Waals surface area contributed by atoms with Gasteiger partial charge >= 0.3 is 5.97 Å². The van der Waals surface area contributed by atoms with Crippen molar-refractivity contribution in [3.8, 4) is 0 Å². The molecular weight excluding hydrogens is 258 g/mol. The Bertz CT molecular complexity index is 577. The third kappa shape index (κ3) is 3.05. The maximum Gasteiger partial charge on any atom is 0.343 e. The van der Waals surface area contributed by atoms with Crippen molar-refractivity contribution in [1.29, 1.82) is 0 Å². The highest BCUT2D eigenvalue weighted by atomic mass is 16.5. The van der Waals surface area contributed by atoms with E-state index in [4.69, 9.17) is 9.26 Å². The second-order valence-corrected chi connectivity index (χ2v) is 4.43. The normalized spacial score (nSPS) is 12.2. The van der Waals surface area contributed by atoms with Crippen LogP contribution in [0.4, 0.5) is 0 Å². The minimum atomic E-state index is -0.932. The maximum absolute atomic E-state index is 11.9. The number of rotatable bonds is 5. The SMILES string of the molecule is CCOC(=O)c1c(C)noc1C(O)Cc1ccccc1. The predicted molar refractivity (Wildman–Crippen MR) is 72.3 cm³/mol. The van der Waals surface area contributed by atoms with Crippen molar-refractivity contribution >= 4 is 5.97 Å². The number of aromatic nitrogens is 1. The molecule has 2 rings (SSSR count). The number of hydrogen-bond acceptors (Lipinski definition) is 5. The summed E-state index contributed by atoms with van der Waals surface area (Å²) in [5, 5.41) is 14.0. The highest BCUT2D eigenvalue weighted by molar-refractivity contribution is 5.91. The summed E-state index contributed by atoms with van der Waals surface area (Å²) in [6.45, 7) is 3.63. The molecular formula is C15H17NO4. The van der Waals surface area contributed by atoms with Crippen molar-refractivity contribution in [3.05, 3.63) is 52.9 Å². The molecule has 0 amide bonds. The first-order valence-electron chi connectivity index (χ1n) is 6.48. The second kappa shape index (κ2) is 6.34. The third-order valence-corrected chi connectivity index (χ3v) is 2.94. The van der Waals surface area contributed by atoms with E-state index in [0.717, 1.165) is 5.56 Å². The minimum absolute atomic E-state index is 0.157. The zero-order valence-corrected chi connectivity index (χ0v) is 11.5. The van der Waals surface area contributed by atoms with E-state index in [1.54, 1.807) is 13.8 Å². The van der Waals surface area contributed by atoms with Crippen LogP contribution in [0, 0.1) is 6.92 Å². The molecule has 20 heavy (non-hydrogen) atoms. The summed E-state index contributed by atoms with van der Waals surface area (Å²) in [6.07, 6.45) is -0.583. The van der Waals surface area contributed by atoms with Crippen LogP contribution in [0.5, 0.6) is 0 Å². The Morgan fingerprint density at radius 3 is 2.75 bits per heavy atom. The summed E-state index contributed by atoms with van der Waals surface area (Å²) in [4.78, 5) is 11.9. The molecule has 1 heterocycles. The zero-order chi connectivity index (χ0) is 14.5. The lowest BCUT2D eigenvalue weighted by atomic mass is 10.0. The molecule has 0 spiro atoms. The molecule has 2 aromatic rings. The van der Waals surface area contributed by atoms with E-state index in [-0.39, 0.29) is 17.9 Å². The monoisotopic (exact) mass is 275 g/mol. The van der Waals surface area contributed by atoms with Crippen LogP contribution in [-0.4, -0.2) is 22.8 Å². The molecule has 1 aromatic heterocycles. The lowest BCUT2D eigenvalue weighted by molar-refractivity contribution is 0.0512. The molecule has 0 radical (unpaired) electrons. The number of carbonyl (C=O) groups is 1. The molecule has 1 unspecified atom stereocenters. The standard InChI is InChI=1S/C15H17NO4/c1-3-19-15(18)13-10(2)16-20-14(13)12(17)9-11-7-5-4-6-8-11/h4-8,12,17H,3,9H2,1-2H3. The van der Waals surface area contributed by atoms with Crippen LogP contribution < -0.4 is 0 Å². The molecule has 0 saturated carbocycles. The topological polar surface area (TPSA) is 72.6 Å². The summed E-state index contributed by atoms with van der Waals surface area (Å²) < 4.78 is 10.1. The Morgan fingerprint density at radius 1 is 1.40 bits per heavy atom. The maximum atomic E-state index is 11.9. The van der Waals surface area contributed by atoms with Gasteiger partial charge in [-0.3, -0.25) is 0 Å². The van der Waals surface area contributed by atoms with Gasteiger partial charge in [-0.2, -0.15) is 0 Å². The molecule has 106 valence electrons. The molecule has 0 bridgehead atoms. The first kappa shape index (κ1) is 14.3. The van der Waals surface area contributed by atoms with Gasteiger partial charge < -0.3 is 14.4 Å². The van der Waals surface area contributed by atoms with Gasteiger partial charge in [-0.25, -0.2) is 4.79 Å². The van der Waals surface area contributed by atoms with Crippen molar-refractivity contribution in [3.63, 3.8) is 0 Å². The molecule has 0 aliphatic heterocycles. The summed E-state index contributed by atoms with van der Waals surface area (Å²) in [5.41, 5.74) is 1.59. The molecule has 1 aromatic carbocycles. The van der Waals surface area contributed by atoms with Crippen LogP contribution >= 0.6 is 0 Å². The number of aliphatic hydroxyl groups is 1. The van der Waals surface area contributed by atoms with E-state index >= 15 is 0 Å². The van der Waals surface area contributed by atoms with Crippen LogP contribution in [0.2, 0.25) is 0 Å². The number of ether oxygens (including phenoxy) is 1. The van der Waals surface area contributed by atoms with Gasteiger partial charge in [-0.1, -0.05) is 35.5 Å². The van der Waals surface area contributed by atoms with Gasteiger partial charge in [0.1, 0.15) is 11.7 Å². The van der Waals surface area contributed by atoms with Gasteiger partial charge in [0.2, 0.25) is 0 Å². The highest BCUT2D eigenvalue weighted by Crippen LogP contribution is 2.25. The largest absolute Gasteiger partial charge is 0.462 e. The second-order valence-electron chi connectivity index (χ2n) is 4.43. The van der Waals surface area contributed by atoms with Gasteiger partial charge in [0.15, 0.2) is 5.76 Å². The molecule has 0 fully saturated rings. The summed E-state index contributed by atoms with van der Waals surface area (Å²) >= 11 is 0. The first-order chi connectivity index (χ1) is 9.63. The van der Waals surface area contributed by atoms with Crippen molar-refractivity contribution in [1.82, 2.24) is 5.16 Å². The molecule has 0 aliphatic carbocycles. The van der Waals surface area contributed by atoms with E-state index < -0.39 is 12.1 Å². The Kier molecular flexibility index (Phi) is 4.53. The molecule has 5 heteroatoms. The average molecular weight is 275 g/mol. The number of carbonyl (C=O) groups excluding carboxylic acids is 1. The van der Waals surface area contributed by atoms with E-state index in [0.29, 0.717) is 12.1 Å². The van der Waals surface area contributed by atoms with Crippen molar-refractivity contribution in [2.45, 2.75) is 26.4 Å². The molecule has 1 atom stereocenters. The van der Waals surface area contributed by atoms with Crippen LogP contribution in [0.3, 0.4) is 0 Å². The highest BCUT2D eigenvalue weighted by Gasteiger charge is 2.26. The first-order valence-corrected chi connectivity index (χ1v) is 6.48. The summed E-state index contributed by atoms with van der Waals surface area (Å²) in [6, 6.07) is 9.48. The molecule has 0 saturated heterocycles. The van der Waals surface area contributed by atoms with Gasteiger partial charge in [0.05, 0.1) is 12.3 Å². The van der Waals surface area contributed by atoms with E-state index in [9.17, 15) is 9.90 Å². The summed E-state index contributed by atoms with van der Waals surface area (Å²) in [5.74, 6) is -0.363. The molecule has 1 N–H and O–H groups in total. The Labute approximate surface area is 117 Å². The van der Waals surface area contributed by atoms with Crippen LogP contribution in [0.1, 0.15) is 40.4 Å². The lowest BCUT2D eigenvalue weighted by Crippen LogP contribution is -2.11. The zero-order valence-electron chi connectivity index (χ0n) is 11.5. The van der Waals surface area contributed by atoms with Gasteiger partial charge in [0, 0.05) is 6.42 Å². The summed E-state index contributed by atoms with van der Waals surface area (Å²) in [7, 11) is 0. The Hall–Kier alpha value is -2.14. The van der Waals surface area contributed by atoms with Crippen LogP contribution in [0.25, 0.3) is 0 Å². The molecule has 0 aliphatic rings. The number of aliphatic hydroxyl groups excluding tert-OH is 1. The predicted octanol–water partition coefficient (Wildman–Crippen LogP) is 2.44. The number of benzene rings is 1. The van der Waals surface area contributed by atoms with E-state index in [2.05, 4.69) is 5.16 Å². The van der Waals surface area contributed by atoms with E-state index in [1.165, 1.54) is 0 Å².